The first-order valence-electron chi connectivity index (χ1n) is 8.44. The summed E-state index contributed by atoms with van der Waals surface area (Å²) in [5.41, 5.74) is 1.53. The van der Waals surface area contributed by atoms with Crippen molar-refractivity contribution in [3.05, 3.63) is 29.7 Å². The molecule has 22 heavy (non-hydrogen) atoms. The Kier molecular flexibility index (Phi) is 3.56. The van der Waals surface area contributed by atoms with Crippen LogP contribution >= 0.6 is 0 Å². The first-order valence-corrected chi connectivity index (χ1v) is 8.44. The maximum Gasteiger partial charge on any atom is 0.252 e. The minimum atomic E-state index is 0.0277. The molecule has 5 heteroatoms. The monoisotopic (exact) mass is 298 g/mol. The summed E-state index contributed by atoms with van der Waals surface area (Å²) in [6.45, 7) is 0. The van der Waals surface area contributed by atoms with Crippen LogP contribution < -0.4 is 5.32 Å². The van der Waals surface area contributed by atoms with E-state index >= 15 is 0 Å². The standard InChI is InChI=1S/C17H22N4O/c22-17(18-14-4-2-1-3-5-14)13-8-9-15-19-20-16(21(15)11-13)10-12-6-7-12/h8-9,11-12,14H,1-7,10H2,(H,18,22). The second-order valence-corrected chi connectivity index (χ2v) is 6.72. The minimum absolute atomic E-state index is 0.0277. The van der Waals surface area contributed by atoms with Crippen molar-refractivity contribution in [2.45, 2.75) is 57.4 Å². The molecule has 0 aromatic carbocycles. The van der Waals surface area contributed by atoms with Crippen LogP contribution in [0.25, 0.3) is 5.65 Å². The Labute approximate surface area is 130 Å². The second kappa shape index (κ2) is 5.71. The maximum atomic E-state index is 12.5. The van der Waals surface area contributed by atoms with Crippen LogP contribution in [0.15, 0.2) is 18.3 Å². The van der Waals surface area contributed by atoms with E-state index in [1.165, 1.54) is 32.1 Å². The third kappa shape index (κ3) is 2.85. The Balaban J connectivity index is 1.53. The van der Waals surface area contributed by atoms with Crippen LogP contribution in [0.3, 0.4) is 0 Å². The lowest BCUT2D eigenvalue weighted by atomic mass is 9.95. The van der Waals surface area contributed by atoms with Gasteiger partial charge in [0.15, 0.2) is 5.65 Å². The molecule has 2 aromatic heterocycles. The molecule has 2 aromatic rings. The van der Waals surface area contributed by atoms with Gasteiger partial charge in [-0.1, -0.05) is 19.3 Å². The van der Waals surface area contributed by atoms with Crippen LogP contribution in [0.1, 0.15) is 61.1 Å². The predicted octanol–water partition coefficient (Wildman–Crippen LogP) is 2.74. The highest BCUT2D eigenvalue weighted by atomic mass is 16.1. The molecule has 0 bridgehead atoms. The van der Waals surface area contributed by atoms with Gasteiger partial charge in [0.1, 0.15) is 5.82 Å². The quantitative estimate of drug-likeness (QED) is 0.944. The Morgan fingerprint density at radius 2 is 1.95 bits per heavy atom. The molecule has 1 N–H and O–H groups in total. The number of nitrogens with zero attached hydrogens (tertiary/aromatic N) is 3. The lowest BCUT2D eigenvalue weighted by Crippen LogP contribution is -2.36. The number of fused-ring (bicyclic) bond motifs is 1. The topological polar surface area (TPSA) is 59.3 Å². The Bertz CT molecular complexity index is 683. The summed E-state index contributed by atoms with van der Waals surface area (Å²) in [6, 6.07) is 4.08. The summed E-state index contributed by atoms with van der Waals surface area (Å²) in [6.07, 6.45) is 11.4. The summed E-state index contributed by atoms with van der Waals surface area (Å²) in [7, 11) is 0. The number of rotatable bonds is 4. The van der Waals surface area contributed by atoms with Gasteiger partial charge in [0, 0.05) is 18.7 Å². The van der Waals surface area contributed by atoms with E-state index in [1.807, 2.05) is 22.7 Å². The molecule has 2 heterocycles. The Hall–Kier alpha value is -1.91. The van der Waals surface area contributed by atoms with Gasteiger partial charge in [-0.25, -0.2) is 0 Å². The highest BCUT2D eigenvalue weighted by Crippen LogP contribution is 2.32. The SMILES string of the molecule is O=C(NC1CCCCC1)c1ccc2nnc(CC3CC3)n2c1. The molecule has 1 amide bonds. The van der Waals surface area contributed by atoms with Crippen LogP contribution in [-0.4, -0.2) is 26.5 Å². The average molecular weight is 298 g/mol. The van der Waals surface area contributed by atoms with Gasteiger partial charge in [-0.3, -0.25) is 9.20 Å². The number of carbonyl (C=O) groups is 1. The van der Waals surface area contributed by atoms with E-state index in [1.54, 1.807) is 0 Å². The van der Waals surface area contributed by atoms with Crippen LogP contribution in [-0.2, 0) is 6.42 Å². The fourth-order valence-electron chi connectivity index (χ4n) is 3.31. The van der Waals surface area contributed by atoms with Gasteiger partial charge < -0.3 is 5.32 Å². The van der Waals surface area contributed by atoms with Crippen molar-refractivity contribution < 1.29 is 4.79 Å². The largest absolute Gasteiger partial charge is 0.349 e. The summed E-state index contributed by atoms with van der Waals surface area (Å²) < 4.78 is 1.98. The van der Waals surface area contributed by atoms with Gasteiger partial charge in [0.25, 0.3) is 5.91 Å². The van der Waals surface area contributed by atoms with Gasteiger partial charge in [-0.2, -0.15) is 0 Å². The van der Waals surface area contributed by atoms with Crippen LogP contribution in [0.4, 0.5) is 0 Å². The van der Waals surface area contributed by atoms with Crippen molar-refractivity contribution in [3.8, 4) is 0 Å². The van der Waals surface area contributed by atoms with E-state index < -0.39 is 0 Å². The van der Waals surface area contributed by atoms with E-state index in [2.05, 4.69) is 15.5 Å². The molecule has 2 aliphatic carbocycles. The molecule has 4 rings (SSSR count). The first-order chi connectivity index (χ1) is 10.8. The summed E-state index contributed by atoms with van der Waals surface area (Å²) in [5, 5.41) is 11.6. The van der Waals surface area contributed by atoms with E-state index in [-0.39, 0.29) is 5.91 Å². The number of nitrogens with one attached hydrogen (secondary N) is 1. The van der Waals surface area contributed by atoms with Crippen molar-refractivity contribution >= 4 is 11.6 Å². The van der Waals surface area contributed by atoms with Gasteiger partial charge >= 0.3 is 0 Å². The fourth-order valence-corrected chi connectivity index (χ4v) is 3.31. The molecule has 0 spiro atoms. The fraction of sp³-hybridized carbons (Fsp3) is 0.588. The van der Waals surface area contributed by atoms with Crippen LogP contribution in [0.2, 0.25) is 0 Å². The zero-order valence-electron chi connectivity index (χ0n) is 12.8. The molecule has 2 fully saturated rings. The Morgan fingerprint density at radius 3 is 2.73 bits per heavy atom. The molecule has 0 unspecified atom stereocenters. The minimum Gasteiger partial charge on any atom is -0.349 e. The van der Waals surface area contributed by atoms with Crippen LogP contribution in [0, 0.1) is 5.92 Å². The molecule has 0 aliphatic heterocycles. The molecule has 2 aliphatic rings. The highest BCUT2D eigenvalue weighted by molar-refractivity contribution is 5.94. The molecular formula is C17H22N4O. The molecule has 2 saturated carbocycles. The third-order valence-corrected chi connectivity index (χ3v) is 4.84. The zero-order chi connectivity index (χ0) is 14.9. The molecule has 0 saturated heterocycles. The third-order valence-electron chi connectivity index (χ3n) is 4.84. The van der Waals surface area contributed by atoms with Gasteiger partial charge in [0.05, 0.1) is 5.56 Å². The average Bonchev–Trinajstić information content (AvgIpc) is 3.28. The first kappa shape index (κ1) is 13.7. The summed E-state index contributed by atoms with van der Waals surface area (Å²) >= 11 is 0. The number of pyridine rings is 1. The molecule has 0 radical (unpaired) electrons. The molecule has 0 atom stereocenters. The smallest absolute Gasteiger partial charge is 0.252 e. The molecule has 116 valence electrons. The zero-order valence-corrected chi connectivity index (χ0v) is 12.8. The van der Waals surface area contributed by atoms with E-state index in [9.17, 15) is 4.79 Å². The van der Waals surface area contributed by atoms with Crippen molar-refractivity contribution in [1.29, 1.82) is 0 Å². The van der Waals surface area contributed by atoms with Gasteiger partial charge in [-0.05, 0) is 43.7 Å². The maximum absolute atomic E-state index is 12.5. The Morgan fingerprint density at radius 1 is 1.14 bits per heavy atom. The van der Waals surface area contributed by atoms with E-state index in [0.29, 0.717) is 11.6 Å². The van der Waals surface area contributed by atoms with Crippen molar-refractivity contribution in [3.63, 3.8) is 0 Å². The lowest BCUT2D eigenvalue weighted by molar-refractivity contribution is 0.0927. The molecule has 5 nitrogen and oxygen atoms in total. The predicted molar refractivity (Wildman–Crippen MR) is 83.8 cm³/mol. The van der Waals surface area contributed by atoms with Gasteiger partial charge in [-0.15, -0.1) is 10.2 Å². The number of hydrogen-bond acceptors (Lipinski definition) is 3. The van der Waals surface area contributed by atoms with E-state index in [0.717, 1.165) is 36.7 Å². The number of amides is 1. The van der Waals surface area contributed by atoms with Gasteiger partial charge in [0.2, 0.25) is 0 Å². The lowest BCUT2D eigenvalue weighted by Gasteiger charge is -2.22. The highest BCUT2D eigenvalue weighted by Gasteiger charge is 2.24. The second-order valence-electron chi connectivity index (χ2n) is 6.72. The van der Waals surface area contributed by atoms with Crippen LogP contribution in [0.5, 0.6) is 0 Å². The summed E-state index contributed by atoms with van der Waals surface area (Å²) in [5.74, 6) is 1.76. The number of hydrogen-bond donors (Lipinski definition) is 1. The normalized spacial score (nSPS) is 19.5. The molecular weight excluding hydrogens is 276 g/mol. The van der Waals surface area contributed by atoms with E-state index in [4.69, 9.17) is 0 Å². The van der Waals surface area contributed by atoms with Crippen molar-refractivity contribution in [2.75, 3.05) is 0 Å². The summed E-state index contributed by atoms with van der Waals surface area (Å²) in [4.78, 5) is 12.5. The van der Waals surface area contributed by atoms with Crippen molar-refractivity contribution in [2.24, 2.45) is 5.92 Å². The van der Waals surface area contributed by atoms with Crippen molar-refractivity contribution in [1.82, 2.24) is 19.9 Å². The number of aromatic nitrogens is 3. The number of carbonyl (C=O) groups excluding carboxylic acids is 1.